The van der Waals surface area contributed by atoms with Crippen molar-refractivity contribution in [3.63, 3.8) is 0 Å². The molecule has 2 N–H and O–H groups in total. The molecule has 1 saturated heterocycles. The second-order valence-corrected chi connectivity index (χ2v) is 5.20. The van der Waals surface area contributed by atoms with Crippen molar-refractivity contribution in [2.24, 2.45) is 5.73 Å². The molecule has 1 aromatic carbocycles. The first-order chi connectivity index (χ1) is 9.83. The Morgan fingerprint density at radius 2 is 2.25 bits per heavy atom. The molecule has 4 heteroatoms. The quantitative estimate of drug-likeness (QED) is 0.930. The number of nitrogens with two attached hydrogens (primary N) is 1. The van der Waals surface area contributed by atoms with Crippen LogP contribution in [0.5, 0.6) is 0 Å². The maximum absolute atomic E-state index is 5.94. The second kappa shape index (κ2) is 5.77. The summed E-state index contributed by atoms with van der Waals surface area (Å²) in [5, 5.41) is 1.15. The molecule has 1 atom stereocenters. The van der Waals surface area contributed by atoms with Gasteiger partial charge < -0.3 is 15.4 Å². The number of anilines is 1. The number of fused-ring (bicyclic) bond motifs is 1. The van der Waals surface area contributed by atoms with Crippen LogP contribution in [0.1, 0.15) is 18.9 Å². The summed E-state index contributed by atoms with van der Waals surface area (Å²) in [5.41, 5.74) is 8.08. The average molecular weight is 271 g/mol. The Morgan fingerprint density at radius 1 is 1.40 bits per heavy atom. The lowest BCUT2D eigenvalue weighted by atomic mass is 10.1. The van der Waals surface area contributed by atoms with Crippen molar-refractivity contribution in [2.75, 3.05) is 24.7 Å². The van der Waals surface area contributed by atoms with Crippen LogP contribution in [-0.4, -0.2) is 30.8 Å². The van der Waals surface area contributed by atoms with Gasteiger partial charge in [-0.1, -0.05) is 25.1 Å². The van der Waals surface area contributed by atoms with Gasteiger partial charge in [-0.25, -0.2) is 4.98 Å². The van der Waals surface area contributed by atoms with Gasteiger partial charge in [0.15, 0.2) is 0 Å². The lowest BCUT2D eigenvalue weighted by molar-refractivity contribution is 0.0925. The lowest BCUT2D eigenvalue weighted by Gasteiger charge is -2.37. The smallest absolute Gasteiger partial charge is 0.134 e. The van der Waals surface area contributed by atoms with Crippen LogP contribution in [0.3, 0.4) is 0 Å². The normalized spacial score (nSPS) is 19.5. The number of para-hydroxylation sites is 1. The fourth-order valence-corrected chi connectivity index (χ4v) is 2.82. The van der Waals surface area contributed by atoms with E-state index in [1.165, 1.54) is 0 Å². The summed E-state index contributed by atoms with van der Waals surface area (Å²) in [4.78, 5) is 7.22. The van der Waals surface area contributed by atoms with E-state index < -0.39 is 0 Å². The summed E-state index contributed by atoms with van der Waals surface area (Å²) < 4.78 is 5.59. The monoisotopic (exact) mass is 271 g/mol. The molecule has 1 aromatic heterocycles. The van der Waals surface area contributed by atoms with E-state index in [2.05, 4.69) is 30.0 Å². The number of hydrogen-bond acceptors (Lipinski definition) is 4. The van der Waals surface area contributed by atoms with Gasteiger partial charge in [-0.15, -0.1) is 0 Å². The summed E-state index contributed by atoms with van der Waals surface area (Å²) in [6, 6.07) is 10.8. The molecule has 1 fully saturated rings. The van der Waals surface area contributed by atoms with Crippen LogP contribution in [-0.2, 0) is 11.3 Å². The molecule has 0 bridgehead atoms. The standard InChI is InChI=1S/C16H21N3O/c1-2-14-11-20-8-7-19(14)16-13(10-17)9-12-5-3-4-6-15(12)18-16/h3-6,9,14H,2,7-8,10-11,17H2,1H3. The summed E-state index contributed by atoms with van der Waals surface area (Å²) in [6.45, 7) is 5.12. The summed E-state index contributed by atoms with van der Waals surface area (Å²) in [7, 11) is 0. The third-order valence-corrected chi connectivity index (χ3v) is 3.97. The van der Waals surface area contributed by atoms with Gasteiger partial charge in [0.05, 0.1) is 24.8 Å². The number of nitrogens with zero attached hydrogens (tertiary/aromatic N) is 2. The highest BCUT2D eigenvalue weighted by atomic mass is 16.5. The molecule has 0 amide bonds. The van der Waals surface area contributed by atoms with Gasteiger partial charge >= 0.3 is 0 Å². The number of rotatable bonds is 3. The van der Waals surface area contributed by atoms with E-state index in [9.17, 15) is 0 Å². The summed E-state index contributed by atoms with van der Waals surface area (Å²) >= 11 is 0. The highest BCUT2D eigenvalue weighted by Crippen LogP contribution is 2.27. The van der Waals surface area contributed by atoms with Gasteiger partial charge in [-0.05, 0) is 18.6 Å². The van der Waals surface area contributed by atoms with E-state index in [4.69, 9.17) is 15.5 Å². The van der Waals surface area contributed by atoms with Gasteiger partial charge in [0.25, 0.3) is 0 Å². The Labute approximate surface area is 119 Å². The van der Waals surface area contributed by atoms with E-state index in [0.717, 1.165) is 48.5 Å². The fraction of sp³-hybridized carbons (Fsp3) is 0.438. The lowest BCUT2D eigenvalue weighted by Crippen LogP contribution is -2.46. The van der Waals surface area contributed by atoms with Crippen LogP contribution in [0.4, 0.5) is 5.82 Å². The fourth-order valence-electron chi connectivity index (χ4n) is 2.82. The Morgan fingerprint density at radius 3 is 3.05 bits per heavy atom. The predicted octanol–water partition coefficient (Wildman–Crippen LogP) is 2.31. The minimum Gasteiger partial charge on any atom is -0.377 e. The first kappa shape index (κ1) is 13.3. The Hall–Kier alpha value is -1.65. The SMILES string of the molecule is CCC1COCCN1c1nc2ccccc2cc1CN. The molecule has 1 unspecified atom stereocenters. The highest BCUT2D eigenvalue weighted by molar-refractivity contribution is 5.81. The van der Waals surface area contributed by atoms with E-state index in [1.807, 2.05) is 12.1 Å². The zero-order valence-corrected chi connectivity index (χ0v) is 11.9. The van der Waals surface area contributed by atoms with Gasteiger partial charge in [0.1, 0.15) is 5.82 Å². The Bertz CT molecular complexity index is 599. The third kappa shape index (κ3) is 2.37. The number of ether oxygens (including phenoxy) is 1. The molecule has 3 rings (SSSR count). The number of aromatic nitrogens is 1. The molecule has 0 aliphatic carbocycles. The van der Waals surface area contributed by atoms with Gasteiger partial charge in [0.2, 0.25) is 0 Å². The zero-order valence-electron chi connectivity index (χ0n) is 11.9. The van der Waals surface area contributed by atoms with Crippen molar-refractivity contribution >= 4 is 16.7 Å². The van der Waals surface area contributed by atoms with Gasteiger partial charge in [-0.2, -0.15) is 0 Å². The molecule has 2 heterocycles. The second-order valence-electron chi connectivity index (χ2n) is 5.20. The molecular weight excluding hydrogens is 250 g/mol. The molecule has 2 aromatic rings. The van der Waals surface area contributed by atoms with Crippen molar-refractivity contribution in [1.82, 2.24) is 4.98 Å². The predicted molar refractivity (Wildman–Crippen MR) is 81.9 cm³/mol. The third-order valence-electron chi connectivity index (χ3n) is 3.97. The van der Waals surface area contributed by atoms with E-state index >= 15 is 0 Å². The van der Waals surface area contributed by atoms with E-state index in [1.54, 1.807) is 0 Å². The maximum atomic E-state index is 5.94. The van der Waals surface area contributed by atoms with E-state index in [0.29, 0.717) is 12.6 Å². The molecule has 0 radical (unpaired) electrons. The summed E-state index contributed by atoms with van der Waals surface area (Å²) in [5.74, 6) is 1.03. The van der Waals surface area contributed by atoms with Crippen LogP contribution in [0.15, 0.2) is 30.3 Å². The van der Waals surface area contributed by atoms with Crippen LogP contribution in [0.2, 0.25) is 0 Å². The molecule has 0 saturated carbocycles. The van der Waals surface area contributed by atoms with Crippen LogP contribution in [0, 0.1) is 0 Å². The van der Waals surface area contributed by atoms with Crippen molar-refractivity contribution in [3.8, 4) is 0 Å². The van der Waals surface area contributed by atoms with Crippen molar-refractivity contribution < 1.29 is 4.74 Å². The largest absolute Gasteiger partial charge is 0.377 e. The first-order valence-electron chi connectivity index (χ1n) is 7.26. The van der Waals surface area contributed by atoms with E-state index in [-0.39, 0.29) is 0 Å². The molecule has 4 nitrogen and oxygen atoms in total. The van der Waals surface area contributed by atoms with Crippen LogP contribution < -0.4 is 10.6 Å². The number of hydrogen-bond donors (Lipinski definition) is 1. The highest BCUT2D eigenvalue weighted by Gasteiger charge is 2.24. The maximum Gasteiger partial charge on any atom is 0.134 e. The van der Waals surface area contributed by atoms with Crippen molar-refractivity contribution in [2.45, 2.75) is 25.9 Å². The molecule has 0 spiro atoms. The molecule has 106 valence electrons. The minimum atomic E-state index is 0.391. The van der Waals surface area contributed by atoms with Crippen molar-refractivity contribution in [3.05, 3.63) is 35.9 Å². The van der Waals surface area contributed by atoms with Crippen LogP contribution in [0.25, 0.3) is 10.9 Å². The number of pyridine rings is 1. The molecule has 20 heavy (non-hydrogen) atoms. The first-order valence-corrected chi connectivity index (χ1v) is 7.26. The molecular formula is C16H21N3O. The van der Waals surface area contributed by atoms with Crippen molar-refractivity contribution in [1.29, 1.82) is 0 Å². The molecule has 1 aliphatic rings. The summed E-state index contributed by atoms with van der Waals surface area (Å²) in [6.07, 6.45) is 1.05. The number of benzene rings is 1. The number of morpholine rings is 1. The minimum absolute atomic E-state index is 0.391. The topological polar surface area (TPSA) is 51.4 Å². The van der Waals surface area contributed by atoms with Crippen LogP contribution >= 0.6 is 0 Å². The molecule has 1 aliphatic heterocycles. The van der Waals surface area contributed by atoms with Gasteiger partial charge in [-0.3, -0.25) is 0 Å². The van der Waals surface area contributed by atoms with Gasteiger partial charge in [0, 0.05) is 24.0 Å². The Balaban J connectivity index is 2.08. The Kier molecular flexibility index (Phi) is 3.85. The zero-order chi connectivity index (χ0) is 13.9. The average Bonchev–Trinajstić information content (AvgIpc) is 2.53.